The fourth-order valence-corrected chi connectivity index (χ4v) is 11.1. The van der Waals surface area contributed by atoms with Crippen LogP contribution in [0.15, 0.2) is 49.1 Å². The van der Waals surface area contributed by atoms with Crippen molar-refractivity contribution < 1.29 is 41.8 Å². The molecule has 60 heavy (non-hydrogen) atoms. The summed E-state index contributed by atoms with van der Waals surface area (Å²) < 4.78 is 47.2. The third kappa shape index (κ3) is 8.86. The molecule has 3 heterocycles. The summed E-state index contributed by atoms with van der Waals surface area (Å²) in [5.41, 5.74) is 5.68. The van der Waals surface area contributed by atoms with Crippen LogP contribution in [0.3, 0.4) is 0 Å². The quantitative estimate of drug-likeness (QED) is 0.185. The number of sulfonamides is 1. The third-order valence-electron chi connectivity index (χ3n) is 13.3. The summed E-state index contributed by atoms with van der Waals surface area (Å²) in [4.78, 5) is 63.4. The number of allylic oxidation sites excluding steroid dienone is 2. The molecule has 2 aromatic rings. The van der Waals surface area contributed by atoms with Crippen LogP contribution in [0.1, 0.15) is 95.5 Å². The molecule has 5 N–H and O–H groups in total. The Bertz CT molecular complexity index is 2120. The highest BCUT2D eigenvalue weighted by Crippen LogP contribution is 2.46. The lowest BCUT2D eigenvalue weighted by Gasteiger charge is -2.32. The molecule has 5 fully saturated rings. The standard InChI is InChI=1S/C44H58N6O9S/c1-2-29-25-44(29,42(53)49-60(55,56)31-20-21-31)48-39(51)35-24-30-26-50(35)41(52)37(28-13-6-7-14-28)47-43(54)59-36-19-10-15-27(36)12-4-3-5-17-33-38(57-23-11-22-45)32-16-8-9-18-34(32)46-40(33)58-30/h2-3,5,8-9,16,18,27-31,35-37H,1,4,6-7,10-15,17,19-26,45H2,(H,47,54)(H,48,51)(H,49,53)/b5-3-/t27-,29-,30-,35+,36-,37+,44-/m1/s1. The molecule has 0 spiro atoms. The lowest BCUT2D eigenvalue weighted by Crippen LogP contribution is -2.59. The molecule has 8 rings (SSSR count). The Kier molecular flexibility index (Phi) is 12.4. The van der Waals surface area contributed by atoms with Crippen LogP contribution in [0, 0.1) is 17.8 Å². The minimum atomic E-state index is -3.91. The average molecular weight is 847 g/mol. The fraction of sp³-hybridized carbons (Fsp3) is 0.614. The molecule has 2 bridgehead atoms. The maximum Gasteiger partial charge on any atom is 0.408 e. The summed E-state index contributed by atoms with van der Waals surface area (Å²) in [6.45, 7) is 4.65. The van der Waals surface area contributed by atoms with Gasteiger partial charge in [-0.1, -0.05) is 43.2 Å². The van der Waals surface area contributed by atoms with E-state index in [0.29, 0.717) is 56.0 Å². The number of nitrogens with two attached hydrogens (primary N) is 1. The van der Waals surface area contributed by atoms with Gasteiger partial charge in [-0.15, -0.1) is 6.58 Å². The molecule has 324 valence electrons. The number of ether oxygens (including phenoxy) is 3. The van der Waals surface area contributed by atoms with E-state index in [9.17, 15) is 27.6 Å². The smallest absolute Gasteiger partial charge is 0.408 e. The van der Waals surface area contributed by atoms with Gasteiger partial charge in [0.2, 0.25) is 27.7 Å². The summed E-state index contributed by atoms with van der Waals surface area (Å²) in [6.07, 6.45) is 13.7. The molecular formula is C44H58N6O9S. The number of aromatic nitrogens is 1. The van der Waals surface area contributed by atoms with E-state index in [1.807, 2.05) is 24.3 Å². The van der Waals surface area contributed by atoms with Gasteiger partial charge >= 0.3 is 6.09 Å². The van der Waals surface area contributed by atoms with Gasteiger partial charge in [-0.25, -0.2) is 18.2 Å². The molecule has 4 amide bonds. The molecule has 4 saturated carbocycles. The minimum absolute atomic E-state index is 0.0190. The molecule has 4 aliphatic carbocycles. The van der Waals surface area contributed by atoms with E-state index >= 15 is 0 Å². The van der Waals surface area contributed by atoms with Gasteiger partial charge in [-0.2, -0.15) is 0 Å². The predicted octanol–water partition coefficient (Wildman–Crippen LogP) is 4.33. The van der Waals surface area contributed by atoms with E-state index < -0.39 is 68.7 Å². The normalized spacial score (nSPS) is 30.4. The minimum Gasteiger partial charge on any atom is -0.492 e. The van der Waals surface area contributed by atoms with Crippen LogP contribution < -0.4 is 30.6 Å². The molecular weight excluding hydrogens is 789 g/mol. The topological polar surface area (TPSA) is 208 Å². The van der Waals surface area contributed by atoms with Crippen LogP contribution in [-0.2, 0) is 35.6 Å². The zero-order valence-corrected chi connectivity index (χ0v) is 35.0. The molecule has 0 radical (unpaired) electrons. The number of fused-ring (bicyclic) bond motifs is 5. The zero-order valence-electron chi connectivity index (χ0n) is 34.1. The number of hydrogen-bond donors (Lipinski definition) is 4. The number of hydrogen-bond acceptors (Lipinski definition) is 11. The van der Waals surface area contributed by atoms with Crippen LogP contribution in [0.5, 0.6) is 11.6 Å². The maximum atomic E-state index is 15.0. The van der Waals surface area contributed by atoms with Crippen molar-refractivity contribution in [2.45, 2.75) is 131 Å². The Hall–Kier alpha value is -4.70. The van der Waals surface area contributed by atoms with E-state index in [1.165, 1.54) is 11.0 Å². The lowest BCUT2D eigenvalue weighted by molar-refractivity contribution is -0.142. The summed E-state index contributed by atoms with van der Waals surface area (Å²) in [5, 5.41) is 6.00. The lowest BCUT2D eigenvalue weighted by atomic mass is 9.96. The van der Waals surface area contributed by atoms with E-state index in [0.717, 1.165) is 68.7 Å². The number of pyridine rings is 1. The van der Waals surface area contributed by atoms with E-state index in [-0.39, 0.29) is 37.3 Å². The van der Waals surface area contributed by atoms with Crippen LogP contribution >= 0.6 is 0 Å². The molecule has 1 aromatic carbocycles. The Morgan fingerprint density at radius 3 is 2.57 bits per heavy atom. The Morgan fingerprint density at radius 1 is 1.03 bits per heavy atom. The molecule has 16 heteroatoms. The van der Waals surface area contributed by atoms with Crippen molar-refractivity contribution >= 4 is 44.7 Å². The van der Waals surface area contributed by atoms with Crippen molar-refractivity contribution in [1.82, 2.24) is 25.2 Å². The van der Waals surface area contributed by atoms with Gasteiger partial charge in [0.1, 0.15) is 35.6 Å². The number of alkyl carbamates (subject to hydrolysis) is 1. The van der Waals surface area contributed by atoms with Crippen molar-refractivity contribution in [2.24, 2.45) is 23.5 Å². The van der Waals surface area contributed by atoms with Crippen LogP contribution in [0.4, 0.5) is 4.79 Å². The molecule has 15 nitrogen and oxygen atoms in total. The number of benzene rings is 1. The van der Waals surface area contributed by atoms with Gasteiger partial charge in [-0.05, 0) is 108 Å². The maximum absolute atomic E-state index is 15.0. The van der Waals surface area contributed by atoms with Crippen molar-refractivity contribution in [3.63, 3.8) is 0 Å². The van der Waals surface area contributed by atoms with Gasteiger partial charge < -0.3 is 35.5 Å². The summed E-state index contributed by atoms with van der Waals surface area (Å²) in [6, 6.07) is 5.56. The first-order valence-electron chi connectivity index (χ1n) is 21.9. The Morgan fingerprint density at radius 2 is 1.82 bits per heavy atom. The molecule has 1 saturated heterocycles. The summed E-state index contributed by atoms with van der Waals surface area (Å²) in [5.74, 6) is -1.47. The second-order valence-corrected chi connectivity index (χ2v) is 19.4. The molecule has 0 unspecified atom stereocenters. The first-order chi connectivity index (χ1) is 29.0. The SMILES string of the molecule is C=C[C@@H]1C[C@]1(NC(=O)[C@@H]1C[C@@H]2CN1C(=O)[C@H](C1CCCC1)NC(=O)O[C@@H]1CCC[C@H]1CC/C=C\Cc1c(nc3ccccc3c1OCCCN)O2)C(=O)NS(=O)(=O)C1CC1. The summed E-state index contributed by atoms with van der Waals surface area (Å²) >= 11 is 0. The van der Waals surface area contributed by atoms with Crippen molar-refractivity contribution in [1.29, 1.82) is 0 Å². The van der Waals surface area contributed by atoms with E-state index in [4.69, 9.17) is 24.9 Å². The first-order valence-corrected chi connectivity index (χ1v) is 23.4. The van der Waals surface area contributed by atoms with E-state index in [1.54, 1.807) is 0 Å². The number of amides is 4. The highest BCUT2D eigenvalue weighted by molar-refractivity contribution is 7.91. The monoisotopic (exact) mass is 846 g/mol. The number of nitrogens with zero attached hydrogens (tertiary/aromatic N) is 2. The van der Waals surface area contributed by atoms with Crippen molar-refractivity contribution in [2.75, 3.05) is 19.7 Å². The fourth-order valence-electron chi connectivity index (χ4n) is 9.72. The summed E-state index contributed by atoms with van der Waals surface area (Å²) in [7, 11) is -3.91. The largest absolute Gasteiger partial charge is 0.492 e. The van der Waals surface area contributed by atoms with Gasteiger partial charge in [0.15, 0.2) is 0 Å². The predicted molar refractivity (Wildman–Crippen MR) is 223 cm³/mol. The van der Waals surface area contributed by atoms with Crippen LogP contribution in [-0.4, -0.2) is 96.9 Å². The number of para-hydroxylation sites is 1. The second-order valence-electron chi connectivity index (χ2n) is 17.5. The second kappa shape index (κ2) is 17.7. The molecule has 2 aliphatic heterocycles. The molecule has 1 aromatic heterocycles. The number of carbonyl (C=O) groups is 4. The van der Waals surface area contributed by atoms with Crippen LogP contribution in [0.25, 0.3) is 10.9 Å². The van der Waals surface area contributed by atoms with Gasteiger partial charge in [0.05, 0.1) is 29.5 Å². The van der Waals surface area contributed by atoms with Crippen LogP contribution in [0.2, 0.25) is 0 Å². The third-order valence-corrected chi connectivity index (χ3v) is 15.1. The highest BCUT2D eigenvalue weighted by Gasteiger charge is 2.62. The van der Waals surface area contributed by atoms with Crippen molar-refractivity contribution in [3.05, 3.63) is 54.6 Å². The number of rotatable bonds is 11. The molecule has 6 aliphatic rings. The number of carbonyl (C=O) groups excluding carboxylic acids is 4. The number of nitrogens with one attached hydrogen (secondary N) is 3. The van der Waals surface area contributed by atoms with Crippen molar-refractivity contribution in [3.8, 4) is 11.6 Å². The Labute approximate surface area is 351 Å². The highest BCUT2D eigenvalue weighted by atomic mass is 32.2. The molecule has 7 atom stereocenters. The van der Waals surface area contributed by atoms with Gasteiger partial charge in [0.25, 0.3) is 5.91 Å². The van der Waals surface area contributed by atoms with Gasteiger partial charge in [-0.3, -0.25) is 19.1 Å². The first kappa shape index (κ1) is 42.0. The zero-order chi connectivity index (χ0) is 42.0. The van der Waals surface area contributed by atoms with Gasteiger partial charge in [0, 0.05) is 17.7 Å². The Balaban J connectivity index is 1.16. The average Bonchev–Trinajstić information content (AvgIpc) is 4.02. The van der Waals surface area contributed by atoms with E-state index in [2.05, 4.69) is 34.1 Å².